The highest BCUT2D eigenvalue weighted by Gasteiger charge is 2.19. The fourth-order valence-electron chi connectivity index (χ4n) is 2.84. The van der Waals surface area contributed by atoms with E-state index < -0.39 is 0 Å². The summed E-state index contributed by atoms with van der Waals surface area (Å²) < 4.78 is 3.13. The number of fused-ring (bicyclic) bond motifs is 2. The van der Waals surface area contributed by atoms with Crippen LogP contribution in [0.1, 0.15) is 5.82 Å². The topological polar surface area (TPSA) is 60.0 Å². The highest BCUT2D eigenvalue weighted by Crippen LogP contribution is 2.32. The number of nitrogens with two attached hydrogens (primary N) is 1. The molecule has 21 heavy (non-hydrogen) atoms. The van der Waals surface area contributed by atoms with Crippen molar-refractivity contribution in [1.82, 2.24) is 14.5 Å². The zero-order valence-electron chi connectivity index (χ0n) is 11.3. The van der Waals surface area contributed by atoms with Crippen LogP contribution in [-0.4, -0.2) is 21.1 Å². The number of rotatable bonds is 1. The molecule has 4 rings (SSSR count). The summed E-state index contributed by atoms with van der Waals surface area (Å²) in [7, 11) is 0. The van der Waals surface area contributed by atoms with Crippen molar-refractivity contribution >= 4 is 38.2 Å². The van der Waals surface area contributed by atoms with Gasteiger partial charge in [-0.15, -0.1) is 0 Å². The zero-order valence-corrected chi connectivity index (χ0v) is 12.9. The van der Waals surface area contributed by atoms with Gasteiger partial charge in [0.25, 0.3) is 0 Å². The fourth-order valence-corrected chi connectivity index (χ4v) is 3.17. The van der Waals surface area contributed by atoms with Crippen LogP contribution in [0.5, 0.6) is 0 Å². The van der Waals surface area contributed by atoms with E-state index in [1.807, 2.05) is 30.7 Å². The first kappa shape index (κ1) is 12.6. The summed E-state index contributed by atoms with van der Waals surface area (Å²) in [6, 6.07) is 6.02. The van der Waals surface area contributed by atoms with Crippen molar-refractivity contribution < 1.29 is 0 Å². The highest BCUT2D eigenvalue weighted by molar-refractivity contribution is 9.10. The summed E-state index contributed by atoms with van der Waals surface area (Å²) in [5, 5.41) is 0.982. The predicted octanol–water partition coefficient (Wildman–Crippen LogP) is 2.80. The van der Waals surface area contributed by atoms with E-state index in [9.17, 15) is 0 Å². The van der Waals surface area contributed by atoms with Gasteiger partial charge in [0.15, 0.2) is 0 Å². The van der Waals surface area contributed by atoms with Gasteiger partial charge in [-0.1, -0.05) is 0 Å². The molecule has 6 heteroatoms. The molecule has 0 unspecified atom stereocenters. The molecule has 0 fully saturated rings. The molecule has 0 saturated carbocycles. The number of benzene rings is 1. The Balaban J connectivity index is 1.83. The maximum atomic E-state index is 6.09. The summed E-state index contributed by atoms with van der Waals surface area (Å²) >= 11 is 3.46. The third-order valence-electron chi connectivity index (χ3n) is 3.91. The molecule has 1 aliphatic rings. The zero-order chi connectivity index (χ0) is 14.4. The normalized spacial score (nSPS) is 14.4. The number of pyridine rings is 1. The number of nitrogens with zero attached hydrogens (tertiary/aromatic N) is 4. The molecule has 0 bridgehead atoms. The third-order valence-corrected chi connectivity index (χ3v) is 4.35. The van der Waals surface area contributed by atoms with Gasteiger partial charge >= 0.3 is 0 Å². The van der Waals surface area contributed by atoms with E-state index in [2.05, 4.69) is 41.4 Å². The molecule has 0 radical (unpaired) electrons. The summed E-state index contributed by atoms with van der Waals surface area (Å²) in [6.07, 6.45) is 5.70. The molecule has 0 amide bonds. The molecule has 2 aromatic heterocycles. The maximum Gasteiger partial charge on any atom is 0.128 e. The average Bonchev–Trinajstić information content (AvgIpc) is 2.95. The van der Waals surface area contributed by atoms with E-state index in [4.69, 9.17) is 5.73 Å². The lowest BCUT2D eigenvalue weighted by Gasteiger charge is -2.30. The van der Waals surface area contributed by atoms with Crippen molar-refractivity contribution in [2.24, 2.45) is 0 Å². The van der Waals surface area contributed by atoms with Crippen molar-refractivity contribution in [2.75, 3.05) is 17.2 Å². The minimum Gasteiger partial charge on any atom is -0.398 e. The van der Waals surface area contributed by atoms with Crippen LogP contribution in [0.15, 0.2) is 41.3 Å². The largest absolute Gasteiger partial charge is 0.398 e. The van der Waals surface area contributed by atoms with Crippen LogP contribution < -0.4 is 10.6 Å². The van der Waals surface area contributed by atoms with E-state index in [0.29, 0.717) is 0 Å². The summed E-state index contributed by atoms with van der Waals surface area (Å²) in [6.45, 7) is 2.68. The van der Waals surface area contributed by atoms with Gasteiger partial charge in [-0.3, -0.25) is 4.98 Å². The maximum absolute atomic E-state index is 6.09. The molecule has 1 aliphatic heterocycles. The molecule has 106 valence electrons. The quantitative estimate of drug-likeness (QED) is 0.690. The van der Waals surface area contributed by atoms with E-state index >= 15 is 0 Å². The first-order valence-electron chi connectivity index (χ1n) is 6.81. The van der Waals surface area contributed by atoms with Gasteiger partial charge in [-0.25, -0.2) is 4.98 Å². The van der Waals surface area contributed by atoms with E-state index in [0.717, 1.165) is 52.2 Å². The Morgan fingerprint density at radius 3 is 3.00 bits per heavy atom. The Labute approximate surface area is 130 Å². The summed E-state index contributed by atoms with van der Waals surface area (Å²) in [4.78, 5) is 11.3. The van der Waals surface area contributed by atoms with Gasteiger partial charge in [0, 0.05) is 47.2 Å². The molecule has 5 nitrogen and oxygen atoms in total. The van der Waals surface area contributed by atoms with Crippen LogP contribution in [0, 0.1) is 0 Å². The van der Waals surface area contributed by atoms with Gasteiger partial charge in [-0.2, -0.15) is 0 Å². The summed E-state index contributed by atoms with van der Waals surface area (Å²) in [5.74, 6) is 1.09. The lowest BCUT2D eigenvalue weighted by Crippen LogP contribution is -2.33. The standard InChI is InChI=1S/C15H14BrN5/c16-10-7-11-12(17)1-2-13(15(11)19-8-10)21-6-5-20-4-3-18-14(20)9-21/h1-4,7-8H,5-6,9,17H2. The number of hydrogen-bond donors (Lipinski definition) is 1. The highest BCUT2D eigenvalue weighted by atomic mass is 79.9. The molecule has 0 spiro atoms. The molecule has 3 aromatic rings. The summed E-state index contributed by atoms with van der Waals surface area (Å²) in [5.41, 5.74) is 8.89. The molecule has 2 N–H and O–H groups in total. The number of halogens is 1. The van der Waals surface area contributed by atoms with E-state index in [1.54, 1.807) is 0 Å². The number of imidazole rings is 1. The van der Waals surface area contributed by atoms with Crippen LogP contribution in [0.2, 0.25) is 0 Å². The van der Waals surface area contributed by atoms with Crippen molar-refractivity contribution in [3.05, 3.63) is 47.1 Å². The van der Waals surface area contributed by atoms with Crippen LogP contribution >= 0.6 is 15.9 Å². The van der Waals surface area contributed by atoms with Gasteiger partial charge in [-0.05, 0) is 34.1 Å². The first-order valence-corrected chi connectivity index (χ1v) is 7.60. The first-order chi connectivity index (χ1) is 10.2. The molecular formula is C15H14BrN5. The lowest BCUT2D eigenvalue weighted by molar-refractivity contribution is 0.561. The Morgan fingerprint density at radius 1 is 1.19 bits per heavy atom. The smallest absolute Gasteiger partial charge is 0.128 e. The molecule has 0 saturated heterocycles. The molecule has 3 heterocycles. The monoisotopic (exact) mass is 343 g/mol. The number of nitrogen functional groups attached to an aromatic ring is 1. The Morgan fingerprint density at radius 2 is 2.10 bits per heavy atom. The third kappa shape index (κ3) is 2.06. The SMILES string of the molecule is Nc1ccc(N2CCn3ccnc3C2)c2ncc(Br)cc12. The van der Waals surface area contributed by atoms with Crippen LogP contribution in [0.3, 0.4) is 0 Å². The molecule has 0 aliphatic carbocycles. The lowest BCUT2D eigenvalue weighted by atomic mass is 10.1. The van der Waals surface area contributed by atoms with Gasteiger partial charge in [0.2, 0.25) is 0 Å². The second kappa shape index (κ2) is 4.73. The Kier molecular flexibility index (Phi) is 2.85. The van der Waals surface area contributed by atoms with Gasteiger partial charge < -0.3 is 15.2 Å². The minimum atomic E-state index is 0.751. The number of hydrogen-bond acceptors (Lipinski definition) is 4. The van der Waals surface area contributed by atoms with Gasteiger partial charge in [0.1, 0.15) is 5.82 Å². The van der Waals surface area contributed by atoms with Crippen LogP contribution in [0.25, 0.3) is 10.9 Å². The van der Waals surface area contributed by atoms with Crippen molar-refractivity contribution in [2.45, 2.75) is 13.1 Å². The number of aromatic nitrogens is 3. The molecular weight excluding hydrogens is 330 g/mol. The molecule has 1 aromatic carbocycles. The van der Waals surface area contributed by atoms with Crippen LogP contribution in [0.4, 0.5) is 11.4 Å². The van der Waals surface area contributed by atoms with Crippen molar-refractivity contribution in [1.29, 1.82) is 0 Å². The Bertz CT molecular complexity index is 826. The number of anilines is 2. The Hall–Kier alpha value is -2.08. The predicted molar refractivity (Wildman–Crippen MR) is 87.1 cm³/mol. The van der Waals surface area contributed by atoms with Gasteiger partial charge in [0.05, 0.1) is 17.7 Å². The molecule has 0 atom stereocenters. The second-order valence-corrected chi connectivity index (χ2v) is 6.10. The fraction of sp³-hybridized carbons (Fsp3) is 0.200. The minimum absolute atomic E-state index is 0.751. The van der Waals surface area contributed by atoms with Crippen LogP contribution in [-0.2, 0) is 13.1 Å². The average molecular weight is 344 g/mol. The van der Waals surface area contributed by atoms with Crippen molar-refractivity contribution in [3.63, 3.8) is 0 Å². The van der Waals surface area contributed by atoms with Crippen molar-refractivity contribution in [3.8, 4) is 0 Å². The van der Waals surface area contributed by atoms with E-state index in [-0.39, 0.29) is 0 Å². The van der Waals surface area contributed by atoms with E-state index in [1.165, 1.54) is 0 Å². The second-order valence-electron chi connectivity index (χ2n) is 5.18.